The lowest BCUT2D eigenvalue weighted by atomic mass is 9.45. The van der Waals surface area contributed by atoms with Gasteiger partial charge in [0.05, 0.1) is 40.1 Å². The fourth-order valence-electron chi connectivity index (χ4n) is 8.50. The van der Waals surface area contributed by atoms with E-state index in [-0.39, 0.29) is 11.1 Å². The lowest BCUT2D eigenvalue weighted by molar-refractivity contribution is -0.362. The molecule has 15 heteroatoms. The monoisotopic (exact) mass is 767 g/mol. The van der Waals surface area contributed by atoms with Crippen LogP contribution in [0.15, 0.2) is 54.9 Å². The van der Waals surface area contributed by atoms with E-state index in [1.165, 1.54) is 43.6 Å². The minimum absolute atomic E-state index is 0.0137. The molecule has 1 aromatic carbocycles. The molecule has 15 nitrogen and oxygen atoms in total. The number of aromatic nitrogens is 1. The first-order valence-electron chi connectivity index (χ1n) is 18.2. The molecule has 9 atom stereocenters. The van der Waals surface area contributed by atoms with Gasteiger partial charge in [0.25, 0.3) is 0 Å². The van der Waals surface area contributed by atoms with Crippen LogP contribution in [-0.4, -0.2) is 99.8 Å². The number of carbonyl (C=O) groups excluding carboxylic acids is 6. The molecule has 298 valence electrons. The predicted molar refractivity (Wildman–Crippen MR) is 190 cm³/mol. The molecule has 0 unspecified atom stereocenters. The number of carbonyl (C=O) groups is 6. The van der Waals surface area contributed by atoms with E-state index in [9.17, 15) is 33.9 Å². The number of benzene rings is 1. The highest BCUT2D eigenvalue weighted by molar-refractivity contribution is 5.90. The van der Waals surface area contributed by atoms with E-state index in [0.29, 0.717) is 0 Å². The van der Waals surface area contributed by atoms with Gasteiger partial charge in [-0.25, -0.2) is 9.59 Å². The highest BCUT2D eigenvalue weighted by Gasteiger charge is 2.89. The Balaban J connectivity index is 1.90. The van der Waals surface area contributed by atoms with E-state index in [2.05, 4.69) is 4.98 Å². The van der Waals surface area contributed by atoms with E-state index >= 15 is 0 Å². The van der Waals surface area contributed by atoms with Crippen molar-refractivity contribution in [1.29, 1.82) is 0 Å². The Kier molecular flexibility index (Phi) is 11.5. The van der Waals surface area contributed by atoms with Gasteiger partial charge in [-0.15, -0.1) is 0 Å². The molecule has 1 spiro atoms. The SMILES string of the molecule is CC(=O)O[C@@H]1[C@H]2[C@H](OC(=O)C(C)C)[C@H](OC(=O)c3ccccc3)[C@]3(COC(=O)C(C)C)[C@@H](OC(C)=O)[C@@H](OC(=O)c4cccnc4)C[C@](C)(O)[C@@]13OC2(C)C. The highest BCUT2D eigenvalue weighted by atomic mass is 16.7. The summed E-state index contributed by atoms with van der Waals surface area (Å²) in [5.74, 6) is -7.68. The van der Waals surface area contributed by atoms with Crippen LogP contribution in [0.4, 0.5) is 0 Å². The number of hydrogen-bond donors (Lipinski definition) is 1. The molecular weight excluding hydrogens is 718 g/mol. The van der Waals surface area contributed by atoms with Crippen LogP contribution < -0.4 is 0 Å². The summed E-state index contributed by atoms with van der Waals surface area (Å²) >= 11 is 0. The molecule has 2 aromatic rings. The minimum Gasteiger partial charge on any atom is -0.464 e. The van der Waals surface area contributed by atoms with Gasteiger partial charge >= 0.3 is 35.8 Å². The normalized spacial score (nSPS) is 31.8. The van der Waals surface area contributed by atoms with Crippen molar-refractivity contribution < 1.29 is 67.0 Å². The molecule has 2 aliphatic carbocycles. The largest absolute Gasteiger partial charge is 0.464 e. The Labute approximate surface area is 319 Å². The second-order valence-corrected chi connectivity index (χ2v) is 15.7. The van der Waals surface area contributed by atoms with Gasteiger partial charge in [-0.05, 0) is 45.0 Å². The first-order valence-corrected chi connectivity index (χ1v) is 18.2. The van der Waals surface area contributed by atoms with E-state index in [4.69, 9.17) is 33.2 Å². The van der Waals surface area contributed by atoms with E-state index in [1.807, 2.05) is 0 Å². The zero-order valence-corrected chi connectivity index (χ0v) is 32.4. The van der Waals surface area contributed by atoms with Crippen molar-refractivity contribution in [3.05, 3.63) is 66.0 Å². The molecule has 1 saturated heterocycles. The summed E-state index contributed by atoms with van der Waals surface area (Å²) in [5.41, 5.74) is -8.24. The van der Waals surface area contributed by atoms with Crippen molar-refractivity contribution in [2.45, 2.75) is 116 Å². The van der Waals surface area contributed by atoms with Crippen LogP contribution in [0.2, 0.25) is 0 Å². The first-order chi connectivity index (χ1) is 25.7. The maximum atomic E-state index is 14.3. The average molecular weight is 768 g/mol. The topological polar surface area (TPSA) is 200 Å². The van der Waals surface area contributed by atoms with Crippen LogP contribution in [0.25, 0.3) is 0 Å². The van der Waals surface area contributed by atoms with Gasteiger partial charge in [0.2, 0.25) is 0 Å². The quantitative estimate of drug-likeness (QED) is 0.256. The summed E-state index contributed by atoms with van der Waals surface area (Å²) in [6.45, 7) is 12.3. The smallest absolute Gasteiger partial charge is 0.340 e. The Morgan fingerprint density at radius 3 is 1.91 bits per heavy atom. The molecule has 1 aromatic heterocycles. The number of esters is 6. The Morgan fingerprint density at radius 2 is 1.35 bits per heavy atom. The summed E-state index contributed by atoms with van der Waals surface area (Å²) in [5, 5.41) is 13.0. The number of fused-ring (bicyclic) bond motifs is 1. The van der Waals surface area contributed by atoms with Crippen LogP contribution in [0, 0.1) is 23.2 Å². The average Bonchev–Trinajstić information content (AvgIpc) is 3.31. The van der Waals surface area contributed by atoms with Crippen LogP contribution in [0.3, 0.4) is 0 Å². The van der Waals surface area contributed by atoms with Crippen LogP contribution in [0.1, 0.15) is 89.5 Å². The highest BCUT2D eigenvalue weighted by Crippen LogP contribution is 2.69. The molecule has 3 fully saturated rings. The molecule has 55 heavy (non-hydrogen) atoms. The fraction of sp³-hybridized carbons (Fsp3) is 0.575. The maximum Gasteiger partial charge on any atom is 0.340 e. The first kappa shape index (κ1) is 41.3. The van der Waals surface area contributed by atoms with Gasteiger partial charge in [0.1, 0.15) is 30.3 Å². The molecule has 2 heterocycles. The predicted octanol–water partition coefficient (Wildman–Crippen LogP) is 3.78. The molecule has 1 aliphatic heterocycles. The van der Waals surface area contributed by atoms with E-state index < -0.39 is 119 Å². The van der Waals surface area contributed by atoms with Crippen LogP contribution in [0.5, 0.6) is 0 Å². The van der Waals surface area contributed by atoms with Gasteiger partial charge in [0.15, 0.2) is 17.8 Å². The summed E-state index contributed by atoms with van der Waals surface area (Å²) in [6, 6.07) is 10.8. The van der Waals surface area contributed by atoms with Gasteiger partial charge in [-0.2, -0.15) is 0 Å². The number of hydrogen-bond acceptors (Lipinski definition) is 15. The van der Waals surface area contributed by atoms with Gasteiger partial charge < -0.3 is 38.3 Å². The zero-order chi connectivity index (χ0) is 40.7. The molecule has 1 N–H and O–H groups in total. The van der Waals surface area contributed by atoms with E-state index in [1.54, 1.807) is 59.7 Å². The Hall–Kier alpha value is -4.89. The van der Waals surface area contributed by atoms with E-state index in [0.717, 1.165) is 13.8 Å². The number of aliphatic hydroxyl groups is 1. The molecule has 5 rings (SSSR count). The second kappa shape index (κ2) is 15.3. The van der Waals surface area contributed by atoms with Crippen molar-refractivity contribution in [3.8, 4) is 0 Å². The van der Waals surface area contributed by atoms with Crippen LogP contribution in [-0.2, 0) is 52.3 Å². The molecule has 3 aliphatic rings. The Morgan fingerprint density at radius 1 is 0.764 bits per heavy atom. The van der Waals surface area contributed by atoms with Gasteiger partial charge in [-0.1, -0.05) is 45.9 Å². The molecule has 2 saturated carbocycles. The number of rotatable bonds is 11. The third-order valence-electron chi connectivity index (χ3n) is 10.7. The van der Waals surface area contributed by atoms with Crippen molar-refractivity contribution in [2.24, 2.45) is 23.2 Å². The summed E-state index contributed by atoms with van der Waals surface area (Å²) in [4.78, 5) is 85.5. The fourth-order valence-corrected chi connectivity index (χ4v) is 8.50. The maximum absolute atomic E-state index is 14.3. The molecule has 0 radical (unpaired) electrons. The number of nitrogens with zero attached hydrogens (tertiary/aromatic N) is 1. The lowest BCUT2D eigenvalue weighted by Gasteiger charge is -2.66. The molecule has 0 amide bonds. The van der Waals surface area contributed by atoms with Crippen molar-refractivity contribution in [2.75, 3.05) is 6.61 Å². The lowest BCUT2D eigenvalue weighted by Crippen LogP contribution is -2.85. The van der Waals surface area contributed by atoms with Crippen LogP contribution >= 0.6 is 0 Å². The number of ether oxygens (including phenoxy) is 7. The molecule has 2 bridgehead atoms. The van der Waals surface area contributed by atoms with Crippen molar-refractivity contribution >= 4 is 35.8 Å². The summed E-state index contributed by atoms with van der Waals surface area (Å²) < 4.78 is 43.9. The van der Waals surface area contributed by atoms with Gasteiger partial charge in [-0.3, -0.25) is 24.2 Å². The third-order valence-corrected chi connectivity index (χ3v) is 10.7. The minimum atomic E-state index is -2.35. The standard InChI is InChI=1S/C40H49NO14/c1-21(2)33(44)49-20-39-30(50-23(5)42)27(52-36(47)26-16-13-17-41-19-26)18-38(9,48)40(39)31(51-24(6)43)28(37(7,8)55-40)29(53-34(45)22(3)4)32(39)54-35(46)25-14-11-10-12-15-25/h10-17,19,21-22,27-32,48H,18,20H2,1-9H3/t27-,28+,29-,30-,31+,32-,38-,39-,40-/m0/s1. The summed E-state index contributed by atoms with van der Waals surface area (Å²) in [7, 11) is 0. The van der Waals surface area contributed by atoms with Gasteiger partial charge in [0, 0.05) is 32.7 Å². The molecular formula is C40H49NO14. The summed E-state index contributed by atoms with van der Waals surface area (Å²) in [6.07, 6.45) is -6.05. The van der Waals surface area contributed by atoms with Crippen molar-refractivity contribution in [3.63, 3.8) is 0 Å². The third kappa shape index (κ3) is 7.31. The zero-order valence-electron chi connectivity index (χ0n) is 32.4. The Bertz CT molecular complexity index is 1790. The van der Waals surface area contributed by atoms with Crippen molar-refractivity contribution in [1.82, 2.24) is 4.98 Å². The number of pyridine rings is 1. The second-order valence-electron chi connectivity index (χ2n) is 15.7.